The summed E-state index contributed by atoms with van der Waals surface area (Å²) in [5.74, 6) is -0.0609. The highest BCUT2D eigenvalue weighted by Gasteiger charge is 2.07. The molecule has 0 fully saturated rings. The van der Waals surface area contributed by atoms with Crippen LogP contribution in [0.1, 0.15) is 5.56 Å². The number of nitriles is 1. The van der Waals surface area contributed by atoms with Crippen LogP contribution in [0.3, 0.4) is 0 Å². The molecule has 3 N–H and O–H groups in total. The minimum absolute atomic E-state index is 0.0360. The normalized spacial score (nSPS) is 9.65. The maximum Gasteiger partial charge on any atom is 0.143 e. The highest BCUT2D eigenvalue weighted by Crippen LogP contribution is 2.21. The molecule has 0 aliphatic carbocycles. The van der Waals surface area contributed by atoms with Gasteiger partial charge < -0.3 is 11.1 Å². The van der Waals surface area contributed by atoms with Crippen molar-refractivity contribution in [2.45, 2.75) is 0 Å². The Morgan fingerprint density at radius 1 is 1.29 bits per heavy atom. The lowest BCUT2D eigenvalue weighted by atomic mass is 10.2. The summed E-state index contributed by atoms with van der Waals surface area (Å²) < 4.78 is 13.3. The molecule has 84 valence electrons. The molecule has 5 heteroatoms. The van der Waals surface area contributed by atoms with Crippen LogP contribution in [0.25, 0.3) is 0 Å². The van der Waals surface area contributed by atoms with Crippen LogP contribution in [0.15, 0.2) is 36.5 Å². The summed E-state index contributed by atoms with van der Waals surface area (Å²) in [4.78, 5) is 4.01. The highest BCUT2D eigenvalue weighted by atomic mass is 19.1. The van der Waals surface area contributed by atoms with Crippen LogP contribution in [0.2, 0.25) is 0 Å². The number of hydrogen-bond acceptors (Lipinski definition) is 4. The van der Waals surface area contributed by atoms with Crippen molar-refractivity contribution >= 4 is 17.2 Å². The lowest BCUT2D eigenvalue weighted by Gasteiger charge is -2.07. The Morgan fingerprint density at radius 3 is 2.76 bits per heavy atom. The number of benzene rings is 1. The molecule has 2 aromatic rings. The zero-order chi connectivity index (χ0) is 12.3. The van der Waals surface area contributed by atoms with Gasteiger partial charge in [-0.3, -0.25) is 0 Å². The molecule has 0 unspecified atom stereocenters. The Hall–Kier alpha value is -2.61. The summed E-state index contributed by atoms with van der Waals surface area (Å²) in [6.07, 6.45) is 1.48. The van der Waals surface area contributed by atoms with E-state index < -0.39 is 5.82 Å². The Labute approximate surface area is 97.5 Å². The molecule has 2 rings (SSSR count). The van der Waals surface area contributed by atoms with E-state index >= 15 is 0 Å². The largest absolute Gasteiger partial charge is 0.397 e. The molecule has 0 spiro atoms. The first-order valence-electron chi connectivity index (χ1n) is 4.88. The topological polar surface area (TPSA) is 74.7 Å². The van der Waals surface area contributed by atoms with Crippen molar-refractivity contribution in [3.8, 4) is 6.07 Å². The zero-order valence-corrected chi connectivity index (χ0v) is 8.81. The standard InChI is InChI=1S/C12H9FN4/c13-10-2-1-3-11(9(10)6-14)17-12-5-4-8(15)7-16-12/h1-5,7H,15H2,(H,16,17). The summed E-state index contributed by atoms with van der Waals surface area (Å²) in [7, 11) is 0. The minimum atomic E-state index is -0.562. The molecule has 0 aliphatic heterocycles. The number of nitrogens with one attached hydrogen (secondary N) is 1. The highest BCUT2D eigenvalue weighted by molar-refractivity contribution is 5.65. The summed E-state index contributed by atoms with van der Waals surface area (Å²) in [6.45, 7) is 0. The van der Waals surface area contributed by atoms with Crippen molar-refractivity contribution < 1.29 is 4.39 Å². The van der Waals surface area contributed by atoms with Crippen LogP contribution in [0, 0.1) is 17.1 Å². The number of rotatable bonds is 2. The van der Waals surface area contributed by atoms with Gasteiger partial charge in [-0.15, -0.1) is 0 Å². The fourth-order valence-electron chi connectivity index (χ4n) is 1.36. The van der Waals surface area contributed by atoms with Gasteiger partial charge in [0.15, 0.2) is 0 Å². The molecule has 1 aromatic carbocycles. The third kappa shape index (κ3) is 2.32. The average Bonchev–Trinajstić information content (AvgIpc) is 2.32. The SMILES string of the molecule is N#Cc1c(F)cccc1Nc1ccc(N)cn1. The molecular weight excluding hydrogens is 219 g/mol. The number of hydrogen-bond donors (Lipinski definition) is 2. The van der Waals surface area contributed by atoms with Gasteiger partial charge >= 0.3 is 0 Å². The van der Waals surface area contributed by atoms with Gasteiger partial charge in [-0.05, 0) is 24.3 Å². The van der Waals surface area contributed by atoms with E-state index in [1.165, 1.54) is 18.3 Å². The maximum atomic E-state index is 13.3. The van der Waals surface area contributed by atoms with Crippen LogP contribution in [-0.2, 0) is 0 Å². The smallest absolute Gasteiger partial charge is 0.143 e. The summed E-state index contributed by atoms with van der Waals surface area (Å²) in [6, 6.07) is 9.50. The van der Waals surface area contributed by atoms with Crippen molar-refractivity contribution in [3.63, 3.8) is 0 Å². The predicted octanol–water partition coefficient (Wildman–Crippen LogP) is 2.42. The molecule has 0 bridgehead atoms. The third-order valence-electron chi connectivity index (χ3n) is 2.17. The van der Waals surface area contributed by atoms with Gasteiger partial charge in [0.1, 0.15) is 23.3 Å². The van der Waals surface area contributed by atoms with E-state index in [9.17, 15) is 4.39 Å². The van der Waals surface area contributed by atoms with E-state index in [1.54, 1.807) is 24.3 Å². The maximum absolute atomic E-state index is 13.3. The summed E-state index contributed by atoms with van der Waals surface area (Å²) >= 11 is 0. The molecule has 17 heavy (non-hydrogen) atoms. The molecule has 4 nitrogen and oxygen atoms in total. The van der Waals surface area contributed by atoms with Crippen molar-refractivity contribution in [1.29, 1.82) is 5.26 Å². The van der Waals surface area contributed by atoms with Crippen molar-refractivity contribution in [3.05, 3.63) is 47.9 Å². The second-order valence-electron chi connectivity index (χ2n) is 3.38. The fourth-order valence-corrected chi connectivity index (χ4v) is 1.36. The van der Waals surface area contributed by atoms with Crippen LogP contribution >= 0.6 is 0 Å². The second-order valence-corrected chi connectivity index (χ2v) is 3.38. The van der Waals surface area contributed by atoms with Gasteiger partial charge in [0.05, 0.1) is 17.6 Å². The lowest BCUT2D eigenvalue weighted by molar-refractivity contribution is 0.624. The average molecular weight is 228 g/mol. The molecule has 0 atom stereocenters. The molecular formula is C12H9FN4. The number of halogens is 1. The van der Waals surface area contributed by atoms with Crippen molar-refractivity contribution in [2.75, 3.05) is 11.1 Å². The van der Waals surface area contributed by atoms with Gasteiger partial charge in [-0.1, -0.05) is 6.07 Å². The van der Waals surface area contributed by atoms with Crippen molar-refractivity contribution in [2.24, 2.45) is 0 Å². The van der Waals surface area contributed by atoms with Gasteiger partial charge in [-0.25, -0.2) is 9.37 Å². The lowest BCUT2D eigenvalue weighted by Crippen LogP contribution is -1.98. The minimum Gasteiger partial charge on any atom is -0.397 e. The Kier molecular flexibility index (Phi) is 2.88. The predicted molar refractivity (Wildman–Crippen MR) is 63.0 cm³/mol. The van der Waals surface area contributed by atoms with Gasteiger partial charge in [0.25, 0.3) is 0 Å². The van der Waals surface area contributed by atoms with Gasteiger partial charge in [0.2, 0.25) is 0 Å². The van der Waals surface area contributed by atoms with Gasteiger partial charge in [-0.2, -0.15) is 5.26 Å². The fraction of sp³-hybridized carbons (Fsp3) is 0. The number of nitrogen functional groups attached to an aromatic ring is 1. The molecule has 1 aromatic heterocycles. The monoisotopic (exact) mass is 228 g/mol. The second kappa shape index (κ2) is 4.49. The molecule has 0 saturated heterocycles. The Morgan fingerprint density at radius 2 is 2.12 bits per heavy atom. The molecule has 0 aliphatic rings. The van der Waals surface area contributed by atoms with E-state index in [0.29, 0.717) is 17.2 Å². The van der Waals surface area contributed by atoms with Crippen LogP contribution in [-0.4, -0.2) is 4.98 Å². The number of anilines is 3. The van der Waals surface area contributed by atoms with E-state index in [1.807, 2.05) is 0 Å². The van der Waals surface area contributed by atoms with E-state index in [4.69, 9.17) is 11.0 Å². The molecule has 0 radical (unpaired) electrons. The number of pyridine rings is 1. The number of nitrogens with two attached hydrogens (primary N) is 1. The number of nitrogens with zero attached hydrogens (tertiary/aromatic N) is 2. The molecule has 0 amide bonds. The quantitative estimate of drug-likeness (QED) is 0.827. The van der Waals surface area contributed by atoms with Gasteiger partial charge in [0, 0.05) is 0 Å². The first-order valence-corrected chi connectivity index (χ1v) is 4.88. The summed E-state index contributed by atoms with van der Waals surface area (Å²) in [5.41, 5.74) is 6.38. The Balaban J connectivity index is 2.34. The van der Waals surface area contributed by atoms with Crippen LogP contribution in [0.4, 0.5) is 21.6 Å². The van der Waals surface area contributed by atoms with Crippen molar-refractivity contribution in [1.82, 2.24) is 4.98 Å². The molecule has 0 saturated carbocycles. The first kappa shape index (κ1) is 10.9. The number of aromatic nitrogens is 1. The van der Waals surface area contributed by atoms with E-state index in [0.717, 1.165) is 0 Å². The first-order chi connectivity index (χ1) is 8.20. The molecule has 1 heterocycles. The summed E-state index contributed by atoms with van der Waals surface area (Å²) in [5, 5.41) is 11.7. The van der Waals surface area contributed by atoms with Crippen LogP contribution in [0.5, 0.6) is 0 Å². The van der Waals surface area contributed by atoms with E-state index in [-0.39, 0.29) is 5.56 Å². The van der Waals surface area contributed by atoms with E-state index in [2.05, 4.69) is 10.3 Å². The zero-order valence-electron chi connectivity index (χ0n) is 8.81. The van der Waals surface area contributed by atoms with Crippen LogP contribution < -0.4 is 11.1 Å². The Bertz CT molecular complexity index is 572. The third-order valence-corrected chi connectivity index (χ3v) is 2.17.